The third-order valence-electron chi connectivity index (χ3n) is 8.43. The highest BCUT2D eigenvalue weighted by Gasteiger charge is 2.16. The highest BCUT2D eigenvalue weighted by atomic mass is 15.1. The Morgan fingerprint density at radius 1 is 0.260 bits per heavy atom. The first-order chi connectivity index (χ1) is 28.9. The minimum Gasteiger partial charge on any atom is -0.310 e. The SMILES string of the molecule is [2H]c1c([2H])c([2H])c(N(c2ccc(-c3ccccc3)cc2)c2cccc(-c3cccc(N(c4ccc(-c5ccccc5)cc4)c4c([2H])c([2H])c([2H])c([2H])c4[2H])c3)c2)c([2H])c1[2H]. The molecule has 0 atom stereocenters. The van der Waals surface area contributed by atoms with Crippen LogP contribution in [-0.4, -0.2) is 0 Å². The minimum absolute atomic E-state index is 0.00864. The van der Waals surface area contributed by atoms with Gasteiger partial charge >= 0.3 is 0 Å². The van der Waals surface area contributed by atoms with Gasteiger partial charge in [-0.15, -0.1) is 0 Å². The zero-order valence-corrected chi connectivity index (χ0v) is 26.9. The van der Waals surface area contributed by atoms with E-state index in [1.165, 1.54) is 0 Å². The molecule has 2 nitrogen and oxygen atoms in total. The summed E-state index contributed by atoms with van der Waals surface area (Å²) in [6, 6.07) is 45.4. The van der Waals surface area contributed by atoms with Crippen LogP contribution in [0.2, 0.25) is 0 Å². The summed E-state index contributed by atoms with van der Waals surface area (Å²) >= 11 is 0. The fourth-order valence-corrected chi connectivity index (χ4v) is 6.04. The Morgan fingerprint density at radius 2 is 0.600 bits per heavy atom. The van der Waals surface area contributed by atoms with Gasteiger partial charge in [0.05, 0.1) is 13.7 Å². The molecule has 0 radical (unpaired) electrons. The summed E-state index contributed by atoms with van der Waals surface area (Å²) in [5.41, 5.74) is 7.53. The van der Waals surface area contributed by atoms with E-state index in [0.29, 0.717) is 33.9 Å². The van der Waals surface area contributed by atoms with Gasteiger partial charge in [0.1, 0.15) is 0 Å². The van der Waals surface area contributed by atoms with E-state index >= 15 is 0 Å². The van der Waals surface area contributed by atoms with Crippen molar-refractivity contribution in [3.05, 3.63) is 218 Å². The summed E-state index contributed by atoms with van der Waals surface area (Å²) in [6.07, 6.45) is 0. The molecule has 0 fully saturated rings. The van der Waals surface area contributed by atoms with Crippen LogP contribution >= 0.6 is 0 Å². The third kappa shape index (κ3) is 6.56. The molecule has 0 saturated heterocycles. The van der Waals surface area contributed by atoms with Crippen molar-refractivity contribution in [1.29, 1.82) is 0 Å². The predicted octanol–water partition coefficient (Wildman–Crippen LogP) is 13.6. The van der Waals surface area contributed by atoms with Crippen LogP contribution in [0.5, 0.6) is 0 Å². The molecule has 8 aromatic carbocycles. The highest BCUT2D eigenvalue weighted by molar-refractivity contribution is 5.84. The lowest BCUT2D eigenvalue weighted by Gasteiger charge is -2.27. The van der Waals surface area contributed by atoms with Gasteiger partial charge in [-0.05, 0) is 106 Å². The zero-order chi connectivity index (χ0) is 42.2. The Hall–Kier alpha value is -6.64. The Kier molecular flexibility index (Phi) is 6.08. The van der Waals surface area contributed by atoms with Crippen molar-refractivity contribution >= 4 is 34.1 Å². The molecule has 0 spiro atoms. The predicted molar refractivity (Wildman–Crippen MR) is 212 cm³/mol. The molecule has 238 valence electrons. The summed E-state index contributed by atoms with van der Waals surface area (Å²) in [4.78, 5) is 3.32. The van der Waals surface area contributed by atoms with Crippen molar-refractivity contribution in [3.63, 3.8) is 0 Å². The van der Waals surface area contributed by atoms with Gasteiger partial charge in [0.15, 0.2) is 0 Å². The number of anilines is 6. The van der Waals surface area contributed by atoms with Crippen molar-refractivity contribution < 1.29 is 13.7 Å². The average Bonchev–Trinajstić information content (AvgIpc) is 3.30. The van der Waals surface area contributed by atoms with E-state index in [9.17, 15) is 0 Å². The molecule has 2 heteroatoms. The molecular formula is C48H36N2. The maximum Gasteiger partial charge on any atom is 0.0645 e. The topological polar surface area (TPSA) is 6.48 Å². The third-order valence-corrected chi connectivity index (χ3v) is 8.43. The van der Waals surface area contributed by atoms with Crippen LogP contribution < -0.4 is 9.80 Å². The Bertz CT molecular complexity index is 2610. The zero-order valence-electron chi connectivity index (χ0n) is 36.9. The number of rotatable bonds is 9. The largest absolute Gasteiger partial charge is 0.310 e. The van der Waals surface area contributed by atoms with Crippen molar-refractivity contribution in [2.75, 3.05) is 9.80 Å². The highest BCUT2D eigenvalue weighted by Crippen LogP contribution is 2.40. The maximum atomic E-state index is 8.95. The van der Waals surface area contributed by atoms with Crippen LogP contribution in [0.25, 0.3) is 33.4 Å². The van der Waals surface area contributed by atoms with Crippen molar-refractivity contribution in [2.45, 2.75) is 0 Å². The quantitative estimate of drug-likeness (QED) is 0.153. The lowest BCUT2D eigenvalue weighted by molar-refractivity contribution is 1.28. The van der Waals surface area contributed by atoms with E-state index in [2.05, 4.69) is 0 Å². The molecule has 8 aromatic rings. The first kappa shape index (κ1) is 21.4. The van der Waals surface area contributed by atoms with E-state index in [1.54, 1.807) is 9.80 Å². The second-order valence-electron chi connectivity index (χ2n) is 11.5. The molecule has 0 N–H and O–H groups in total. The summed E-state index contributed by atoms with van der Waals surface area (Å²) in [7, 11) is 0. The molecule has 0 heterocycles. The number of nitrogens with zero attached hydrogens (tertiary/aromatic N) is 2. The standard InChI is InChI=1S/C48H36N2/c1-5-15-37(16-6-1)39-27-31-45(32-28-39)49(43-21-9-3-10-22-43)47-25-13-19-41(35-47)42-20-14-26-48(36-42)50(44-23-11-4-12-24-44)46-33-29-40(30-34-46)38-17-7-2-8-18-38/h1-36H/i3D,4D,9D,10D,11D,12D,21D,22D,23D,24D. The molecular weight excluding hydrogens is 605 g/mol. The van der Waals surface area contributed by atoms with Crippen LogP contribution in [0, 0.1) is 0 Å². The Labute approximate surface area is 308 Å². The summed E-state index contributed by atoms with van der Waals surface area (Å²) in [5.74, 6) is 0. The molecule has 50 heavy (non-hydrogen) atoms. The maximum absolute atomic E-state index is 8.95. The van der Waals surface area contributed by atoms with Crippen LogP contribution in [0.3, 0.4) is 0 Å². The van der Waals surface area contributed by atoms with E-state index in [4.69, 9.17) is 13.7 Å². The smallest absolute Gasteiger partial charge is 0.0645 e. The second kappa shape index (κ2) is 14.2. The summed E-state index contributed by atoms with van der Waals surface area (Å²) < 4.78 is 86.4. The molecule has 8 rings (SSSR count). The lowest BCUT2D eigenvalue weighted by atomic mass is 10.0. The molecule has 0 aliphatic carbocycles. The number of hydrogen-bond donors (Lipinski definition) is 0. The van der Waals surface area contributed by atoms with Gasteiger partial charge in [-0.25, -0.2) is 0 Å². The minimum atomic E-state index is -0.489. The molecule has 0 unspecified atom stereocenters. The van der Waals surface area contributed by atoms with E-state index in [0.717, 1.165) is 22.3 Å². The molecule has 0 amide bonds. The normalized spacial score (nSPS) is 13.6. The van der Waals surface area contributed by atoms with Gasteiger partial charge < -0.3 is 9.80 Å². The summed E-state index contributed by atoms with van der Waals surface area (Å²) in [5, 5.41) is 0. The Morgan fingerprint density at radius 3 is 0.980 bits per heavy atom. The van der Waals surface area contributed by atoms with Crippen LogP contribution in [0.15, 0.2) is 218 Å². The van der Waals surface area contributed by atoms with Gasteiger partial charge in [0.2, 0.25) is 0 Å². The molecule has 0 bridgehead atoms. The van der Waals surface area contributed by atoms with Gasteiger partial charge in [-0.1, -0.05) is 145 Å². The fourth-order valence-electron chi connectivity index (χ4n) is 6.04. The Balaban J connectivity index is 1.27. The number of benzene rings is 8. The van der Waals surface area contributed by atoms with Crippen molar-refractivity contribution in [3.8, 4) is 33.4 Å². The van der Waals surface area contributed by atoms with Gasteiger partial charge in [0.25, 0.3) is 0 Å². The van der Waals surface area contributed by atoms with Crippen LogP contribution in [-0.2, 0) is 0 Å². The van der Waals surface area contributed by atoms with Crippen molar-refractivity contribution in [1.82, 2.24) is 0 Å². The summed E-state index contributed by atoms with van der Waals surface area (Å²) in [6.45, 7) is 0. The van der Waals surface area contributed by atoms with Gasteiger partial charge in [-0.2, -0.15) is 0 Å². The second-order valence-corrected chi connectivity index (χ2v) is 11.5. The lowest BCUT2D eigenvalue weighted by Crippen LogP contribution is -2.10. The molecule has 0 aliphatic heterocycles. The van der Waals surface area contributed by atoms with E-state index in [1.807, 2.05) is 158 Å². The number of hydrogen-bond acceptors (Lipinski definition) is 2. The monoisotopic (exact) mass is 650 g/mol. The van der Waals surface area contributed by atoms with Gasteiger partial charge in [-0.3, -0.25) is 0 Å². The molecule has 0 aliphatic rings. The number of para-hydroxylation sites is 2. The molecule has 0 aromatic heterocycles. The molecule has 0 saturated carbocycles. The van der Waals surface area contributed by atoms with Crippen LogP contribution in [0.4, 0.5) is 34.1 Å². The first-order valence-corrected chi connectivity index (χ1v) is 16.2. The van der Waals surface area contributed by atoms with E-state index < -0.39 is 36.3 Å². The van der Waals surface area contributed by atoms with Gasteiger partial charge in [0, 0.05) is 34.1 Å². The van der Waals surface area contributed by atoms with Crippen LogP contribution in [0.1, 0.15) is 13.7 Å². The average molecular weight is 651 g/mol. The van der Waals surface area contributed by atoms with E-state index in [-0.39, 0.29) is 35.5 Å². The first-order valence-electron chi connectivity index (χ1n) is 21.2. The van der Waals surface area contributed by atoms with Crippen molar-refractivity contribution in [2.24, 2.45) is 0 Å². The fraction of sp³-hybridized carbons (Fsp3) is 0.